The van der Waals surface area contributed by atoms with E-state index >= 15 is 0 Å². The van der Waals surface area contributed by atoms with Gasteiger partial charge in [0.1, 0.15) is 5.82 Å². The second-order valence-electron chi connectivity index (χ2n) is 7.64. The zero-order valence-corrected chi connectivity index (χ0v) is 19.2. The van der Waals surface area contributed by atoms with Crippen LogP contribution in [0.1, 0.15) is 29.0 Å². The van der Waals surface area contributed by atoms with Crippen molar-refractivity contribution in [2.24, 2.45) is 0 Å². The van der Waals surface area contributed by atoms with Gasteiger partial charge in [-0.05, 0) is 68.3 Å². The molecule has 1 N–H and O–H groups in total. The van der Waals surface area contributed by atoms with Gasteiger partial charge in [0, 0.05) is 22.8 Å². The first-order chi connectivity index (χ1) is 15.1. The Morgan fingerprint density at radius 1 is 1.03 bits per heavy atom. The average Bonchev–Trinajstić information content (AvgIpc) is 3.18. The molecule has 166 valence electrons. The van der Waals surface area contributed by atoms with Crippen molar-refractivity contribution in [3.05, 3.63) is 83.4 Å². The molecular weight excluding hydrogens is 451 g/mol. The van der Waals surface area contributed by atoms with E-state index in [1.807, 2.05) is 6.92 Å². The lowest BCUT2D eigenvalue weighted by molar-refractivity contribution is 0.553. The minimum Gasteiger partial charge on any atom is -0.306 e. The monoisotopic (exact) mass is 472 g/mol. The number of nitrogens with zero attached hydrogens (tertiary/aromatic N) is 2. The fourth-order valence-corrected chi connectivity index (χ4v) is 5.25. The Kier molecular flexibility index (Phi) is 5.74. The second kappa shape index (κ2) is 8.23. The number of rotatable bonds is 5. The summed E-state index contributed by atoms with van der Waals surface area (Å²) in [6, 6.07) is 14.0. The van der Waals surface area contributed by atoms with E-state index in [1.165, 1.54) is 36.5 Å². The first-order valence-electron chi connectivity index (χ1n) is 9.80. The van der Waals surface area contributed by atoms with Crippen LogP contribution < -0.4 is 0 Å². The van der Waals surface area contributed by atoms with E-state index in [9.17, 15) is 21.6 Å². The van der Waals surface area contributed by atoms with Crippen LogP contribution >= 0.6 is 0 Å². The van der Waals surface area contributed by atoms with Crippen LogP contribution in [-0.2, 0) is 21.1 Å². The Morgan fingerprint density at radius 2 is 1.72 bits per heavy atom. The van der Waals surface area contributed by atoms with E-state index < -0.39 is 32.2 Å². The summed E-state index contributed by atoms with van der Waals surface area (Å²) in [5.74, 6) is -0.522. The lowest BCUT2D eigenvalue weighted by atomic mass is 9.99. The molecule has 2 heterocycles. The van der Waals surface area contributed by atoms with Gasteiger partial charge in [0.25, 0.3) is 10.0 Å². The zero-order valence-electron chi connectivity index (χ0n) is 17.6. The molecule has 6 nitrogen and oxygen atoms in total. The van der Waals surface area contributed by atoms with Crippen LogP contribution in [0.5, 0.6) is 0 Å². The molecule has 4 rings (SSSR count). The van der Waals surface area contributed by atoms with Gasteiger partial charge in [0.15, 0.2) is 16.7 Å². The number of hydrogen-bond donors (Lipinski definition) is 1. The maximum atomic E-state index is 14.8. The highest BCUT2D eigenvalue weighted by atomic mass is 32.2. The van der Waals surface area contributed by atoms with Crippen LogP contribution in [0.15, 0.2) is 65.7 Å². The highest BCUT2D eigenvalue weighted by Gasteiger charge is 2.23. The van der Waals surface area contributed by atoms with E-state index in [2.05, 4.69) is 4.98 Å². The molecule has 0 bridgehead atoms. The number of pyridine rings is 1. The van der Waals surface area contributed by atoms with Crippen molar-refractivity contribution in [2.75, 3.05) is 0 Å². The Bertz CT molecular complexity index is 1460. The van der Waals surface area contributed by atoms with E-state index in [1.54, 1.807) is 38.1 Å². The molecule has 9 heteroatoms. The van der Waals surface area contributed by atoms with Crippen molar-refractivity contribution >= 4 is 32.1 Å². The summed E-state index contributed by atoms with van der Waals surface area (Å²) in [6.45, 7) is 5.14. The molecule has 0 saturated heterocycles. The third-order valence-corrected chi connectivity index (χ3v) is 7.94. The molecule has 4 aromatic rings. The molecule has 0 aliphatic carbocycles. The van der Waals surface area contributed by atoms with Crippen molar-refractivity contribution in [1.29, 1.82) is 0 Å². The molecule has 0 spiro atoms. The number of hydrogen-bond acceptors (Lipinski definition) is 4. The number of fused-ring (bicyclic) bond motifs is 1. The van der Waals surface area contributed by atoms with Crippen molar-refractivity contribution in [3.63, 3.8) is 0 Å². The first kappa shape index (κ1) is 22.3. The Labute approximate surface area is 188 Å². The number of aromatic nitrogens is 2. The third kappa shape index (κ3) is 3.87. The van der Waals surface area contributed by atoms with Crippen molar-refractivity contribution in [1.82, 2.24) is 8.96 Å². The summed E-state index contributed by atoms with van der Waals surface area (Å²) in [4.78, 5) is 4.54. The van der Waals surface area contributed by atoms with Crippen molar-refractivity contribution in [2.45, 2.75) is 30.9 Å². The van der Waals surface area contributed by atoms with Gasteiger partial charge >= 0.3 is 0 Å². The highest BCUT2D eigenvalue weighted by Crippen LogP contribution is 2.34. The van der Waals surface area contributed by atoms with E-state index in [0.29, 0.717) is 22.2 Å². The van der Waals surface area contributed by atoms with Gasteiger partial charge in [-0.15, -0.1) is 0 Å². The fraction of sp³-hybridized carbons (Fsp3) is 0.174. The smallest absolute Gasteiger partial charge is 0.269 e. The molecule has 0 saturated carbocycles. The summed E-state index contributed by atoms with van der Waals surface area (Å²) >= 11 is -2.11. The van der Waals surface area contributed by atoms with Gasteiger partial charge in [-0.2, -0.15) is 0 Å². The van der Waals surface area contributed by atoms with Gasteiger partial charge < -0.3 is 4.55 Å². The lowest BCUT2D eigenvalue weighted by Gasteiger charge is -2.13. The molecule has 2 aromatic carbocycles. The van der Waals surface area contributed by atoms with Gasteiger partial charge in [-0.25, -0.2) is 26.0 Å². The topological polar surface area (TPSA) is 89.3 Å². The van der Waals surface area contributed by atoms with Crippen molar-refractivity contribution < 1.29 is 21.6 Å². The average molecular weight is 473 g/mol. The minimum absolute atomic E-state index is 0.123. The Morgan fingerprint density at radius 3 is 2.38 bits per heavy atom. The third-order valence-electron chi connectivity index (χ3n) is 5.38. The summed E-state index contributed by atoms with van der Waals surface area (Å²) in [5.41, 5.74) is 2.79. The Hall–Kier alpha value is -2.88. The summed E-state index contributed by atoms with van der Waals surface area (Å²) in [7, 11) is -3.91. The molecule has 0 radical (unpaired) electrons. The van der Waals surface area contributed by atoms with Crippen LogP contribution in [0.4, 0.5) is 4.39 Å². The molecule has 0 aliphatic heterocycles. The molecule has 0 fully saturated rings. The lowest BCUT2D eigenvalue weighted by Crippen LogP contribution is -2.12. The van der Waals surface area contributed by atoms with Crippen molar-refractivity contribution in [3.8, 4) is 11.1 Å². The molecule has 0 amide bonds. The van der Waals surface area contributed by atoms with Gasteiger partial charge in [0.05, 0.1) is 10.1 Å². The predicted molar refractivity (Wildman–Crippen MR) is 123 cm³/mol. The fourth-order valence-electron chi connectivity index (χ4n) is 3.57. The molecule has 32 heavy (non-hydrogen) atoms. The molecule has 0 aliphatic rings. The molecular formula is C23H21FN2O4S2. The molecule has 2 aromatic heterocycles. The maximum Gasteiger partial charge on any atom is 0.269 e. The number of aryl methyl sites for hydroxylation is 2. The van der Waals surface area contributed by atoms with E-state index in [-0.39, 0.29) is 16.1 Å². The summed E-state index contributed by atoms with van der Waals surface area (Å²) in [5, 5.41) is -0.251. The Balaban J connectivity index is 1.94. The first-order valence-corrected chi connectivity index (χ1v) is 12.4. The number of halogens is 1. The standard InChI is InChI=1S/C23H21FN2O4S2/c1-14-4-7-18(8-5-14)32(29,30)26-11-10-19-20(12-15(2)25-23(19)26)21-13-17(6-9-22(21)24)16(3)31(27)28/h4-13,16H,1-3H3,(H,27,28). The quantitative estimate of drug-likeness (QED) is 0.414. The van der Waals surface area contributed by atoms with E-state index in [0.717, 1.165) is 9.54 Å². The number of benzene rings is 2. The minimum atomic E-state index is -3.91. The maximum absolute atomic E-state index is 14.8. The van der Waals surface area contributed by atoms with Gasteiger partial charge in [0.2, 0.25) is 0 Å². The predicted octanol–water partition coefficient (Wildman–Crippen LogP) is 4.98. The van der Waals surface area contributed by atoms with Crippen LogP contribution in [-0.4, -0.2) is 26.1 Å². The normalized spacial score (nSPS) is 13.9. The summed E-state index contributed by atoms with van der Waals surface area (Å²) in [6.07, 6.45) is 1.41. The SMILES string of the molecule is Cc1ccc(S(=O)(=O)n2ccc3c(-c4cc(C(C)S(=O)O)ccc4F)cc(C)nc32)cc1. The largest absolute Gasteiger partial charge is 0.306 e. The van der Waals surface area contributed by atoms with E-state index in [4.69, 9.17) is 0 Å². The summed E-state index contributed by atoms with van der Waals surface area (Å²) < 4.78 is 63.4. The van der Waals surface area contributed by atoms with Gasteiger partial charge in [-0.3, -0.25) is 0 Å². The van der Waals surface area contributed by atoms with Crippen LogP contribution in [0, 0.1) is 19.7 Å². The van der Waals surface area contributed by atoms with Crippen LogP contribution in [0.25, 0.3) is 22.2 Å². The van der Waals surface area contributed by atoms with Crippen LogP contribution in [0.2, 0.25) is 0 Å². The van der Waals surface area contributed by atoms with Gasteiger partial charge in [-0.1, -0.05) is 23.8 Å². The second-order valence-corrected chi connectivity index (χ2v) is 10.7. The highest BCUT2D eigenvalue weighted by molar-refractivity contribution is 7.90. The molecule has 2 atom stereocenters. The van der Waals surface area contributed by atoms with Crippen LogP contribution in [0.3, 0.4) is 0 Å². The zero-order chi connectivity index (χ0) is 23.2. The molecule has 2 unspecified atom stereocenters.